The summed E-state index contributed by atoms with van der Waals surface area (Å²) in [7, 11) is 0. The van der Waals surface area contributed by atoms with Crippen LogP contribution in [0.5, 0.6) is 0 Å². The molecule has 8 heteroatoms. The highest BCUT2D eigenvalue weighted by Crippen LogP contribution is 2.26. The first-order chi connectivity index (χ1) is 12.6. The molecule has 2 N–H and O–H groups in total. The summed E-state index contributed by atoms with van der Waals surface area (Å²) in [5.41, 5.74) is 3.76. The minimum atomic E-state index is -0.428. The van der Waals surface area contributed by atoms with E-state index in [0.29, 0.717) is 15.7 Å². The fourth-order valence-electron chi connectivity index (χ4n) is 2.49. The predicted octanol–water partition coefficient (Wildman–Crippen LogP) is 5.06. The molecule has 2 aromatic carbocycles. The fraction of sp³-hybridized carbons (Fsp3) is 0.0556. The van der Waals surface area contributed by atoms with Crippen LogP contribution in [0.1, 0.15) is 5.56 Å². The van der Waals surface area contributed by atoms with Gasteiger partial charge in [-0.1, -0.05) is 47.5 Å². The van der Waals surface area contributed by atoms with Crippen molar-refractivity contribution in [1.29, 1.82) is 0 Å². The number of carbonyl (C=O) groups is 1. The van der Waals surface area contributed by atoms with E-state index in [4.69, 9.17) is 11.6 Å². The first-order valence-corrected chi connectivity index (χ1v) is 9.09. The third-order valence-electron chi connectivity index (χ3n) is 3.74. The number of urea groups is 1. The van der Waals surface area contributed by atoms with E-state index in [9.17, 15) is 4.79 Å². The summed E-state index contributed by atoms with van der Waals surface area (Å²) in [5.74, 6) is 0.240. The van der Waals surface area contributed by atoms with E-state index in [1.807, 2.05) is 36.6 Å². The van der Waals surface area contributed by atoms with Gasteiger partial charge in [0, 0.05) is 21.7 Å². The predicted molar refractivity (Wildman–Crippen MR) is 105 cm³/mol. The Kier molecular flexibility index (Phi) is 4.32. The quantitative estimate of drug-likeness (QED) is 0.519. The number of nitrogens with one attached hydrogen (secondary N) is 2. The van der Waals surface area contributed by atoms with Crippen LogP contribution in [0.4, 0.5) is 16.4 Å². The maximum atomic E-state index is 12.1. The van der Waals surface area contributed by atoms with Gasteiger partial charge in [-0.2, -0.15) is 4.98 Å². The van der Waals surface area contributed by atoms with E-state index in [0.717, 1.165) is 11.3 Å². The number of nitrogens with zero attached hydrogens (tertiary/aromatic N) is 3. The second-order valence-corrected chi connectivity index (χ2v) is 6.98. The summed E-state index contributed by atoms with van der Waals surface area (Å²) in [5, 5.41) is 12.3. The van der Waals surface area contributed by atoms with Gasteiger partial charge in [0.2, 0.25) is 4.96 Å². The van der Waals surface area contributed by atoms with Crippen molar-refractivity contribution in [3.8, 4) is 11.3 Å². The van der Waals surface area contributed by atoms with Crippen LogP contribution in [-0.2, 0) is 0 Å². The normalized spacial score (nSPS) is 10.8. The number of anilines is 2. The number of benzene rings is 2. The first kappa shape index (κ1) is 16.6. The van der Waals surface area contributed by atoms with Crippen molar-refractivity contribution >= 4 is 45.6 Å². The highest BCUT2D eigenvalue weighted by molar-refractivity contribution is 7.15. The van der Waals surface area contributed by atoms with Gasteiger partial charge in [0.25, 0.3) is 5.95 Å². The van der Waals surface area contributed by atoms with E-state index in [2.05, 4.69) is 20.7 Å². The first-order valence-electron chi connectivity index (χ1n) is 7.83. The molecule has 0 fully saturated rings. The monoisotopic (exact) mass is 383 g/mol. The number of aromatic nitrogens is 3. The number of carbonyl (C=O) groups excluding carboxylic acids is 1. The second kappa shape index (κ2) is 6.78. The van der Waals surface area contributed by atoms with Crippen LogP contribution in [0.25, 0.3) is 16.2 Å². The molecular weight excluding hydrogens is 370 g/mol. The number of aryl methyl sites for hydroxylation is 1. The Morgan fingerprint density at radius 3 is 2.73 bits per heavy atom. The van der Waals surface area contributed by atoms with Crippen LogP contribution in [0.15, 0.2) is 53.9 Å². The third-order valence-corrected chi connectivity index (χ3v) is 4.79. The Hall–Kier alpha value is -2.90. The fourth-order valence-corrected chi connectivity index (χ4v) is 3.51. The highest BCUT2D eigenvalue weighted by atomic mass is 35.5. The standard InChI is InChI=1S/C18H14ClN5OS/c1-11-5-7-12(8-6-11)15-10-26-18-22-16(23-24(15)18)21-17(25)20-14-4-2-3-13(19)9-14/h2-10H,1H3,(H2,20,21,23,25). The molecule has 2 heterocycles. The van der Waals surface area contributed by atoms with Crippen LogP contribution in [0, 0.1) is 6.92 Å². The molecule has 0 bridgehead atoms. The molecule has 4 aromatic rings. The average Bonchev–Trinajstić information content (AvgIpc) is 3.15. The lowest BCUT2D eigenvalue weighted by Crippen LogP contribution is -2.20. The maximum absolute atomic E-state index is 12.1. The molecule has 2 aromatic heterocycles. The van der Waals surface area contributed by atoms with Gasteiger partial charge < -0.3 is 5.32 Å². The lowest BCUT2D eigenvalue weighted by atomic mass is 10.1. The Morgan fingerprint density at radius 2 is 1.96 bits per heavy atom. The molecule has 130 valence electrons. The molecule has 0 saturated heterocycles. The summed E-state index contributed by atoms with van der Waals surface area (Å²) < 4.78 is 1.73. The Morgan fingerprint density at radius 1 is 1.15 bits per heavy atom. The average molecular weight is 384 g/mol. The lowest BCUT2D eigenvalue weighted by molar-refractivity contribution is 0.262. The van der Waals surface area contributed by atoms with Crippen molar-refractivity contribution in [2.75, 3.05) is 10.6 Å². The van der Waals surface area contributed by atoms with Crippen molar-refractivity contribution in [2.45, 2.75) is 6.92 Å². The Labute approximate surface area is 158 Å². The summed E-state index contributed by atoms with van der Waals surface area (Å²) in [4.78, 5) is 17.2. The number of hydrogen-bond acceptors (Lipinski definition) is 4. The van der Waals surface area contributed by atoms with Gasteiger partial charge in [0.05, 0.1) is 5.69 Å². The number of fused-ring (bicyclic) bond motifs is 1. The largest absolute Gasteiger partial charge is 0.326 e. The number of thiazole rings is 1. The molecule has 0 aliphatic carbocycles. The number of amides is 2. The summed E-state index contributed by atoms with van der Waals surface area (Å²) in [6.07, 6.45) is 0. The van der Waals surface area contributed by atoms with Crippen molar-refractivity contribution in [1.82, 2.24) is 14.6 Å². The molecule has 0 atom stereocenters. The van der Waals surface area contributed by atoms with Crippen LogP contribution in [0.3, 0.4) is 0 Å². The molecule has 0 spiro atoms. The molecule has 0 saturated carbocycles. The molecule has 4 rings (SSSR count). The zero-order chi connectivity index (χ0) is 18.1. The minimum absolute atomic E-state index is 0.240. The molecule has 0 aliphatic heterocycles. The Bertz CT molecular complexity index is 1090. The van der Waals surface area contributed by atoms with Crippen LogP contribution in [-0.4, -0.2) is 20.6 Å². The smallest absolute Gasteiger partial charge is 0.308 e. The topological polar surface area (TPSA) is 71.3 Å². The van der Waals surface area contributed by atoms with Crippen molar-refractivity contribution in [3.05, 3.63) is 64.5 Å². The summed E-state index contributed by atoms with van der Waals surface area (Å²) in [6.45, 7) is 2.04. The summed E-state index contributed by atoms with van der Waals surface area (Å²) >= 11 is 7.38. The van der Waals surface area contributed by atoms with E-state index in [-0.39, 0.29) is 5.95 Å². The van der Waals surface area contributed by atoms with Gasteiger partial charge in [-0.15, -0.1) is 16.4 Å². The van der Waals surface area contributed by atoms with E-state index in [1.54, 1.807) is 28.8 Å². The molecule has 0 unspecified atom stereocenters. The van der Waals surface area contributed by atoms with Gasteiger partial charge in [0.15, 0.2) is 0 Å². The van der Waals surface area contributed by atoms with E-state index in [1.165, 1.54) is 16.9 Å². The summed E-state index contributed by atoms with van der Waals surface area (Å²) in [6, 6.07) is 14.7. The van der Waals surface area contributed by atoms with E-state index < -0.39 is 6.03 Å². The van der Waals surface area contributed by atoms with Gasteiger partial charge in [0.1, 0.15) is 0 Å². The second-order valence-electron chi connectivity index (χ2n) is 5.71. The molecule has 26 heavy (non-hydrogen) atoms. The van der Waals surface area contributed by atoms with Gasteiger partial charge >= 0.3 is 6.03 Å². The molecule has 2 amide bonds. The van der Waals surface area contributed by atoms with Crippen molar-refractivity contribution in [2.24, 2.45) is 0 Å². The number of halogens is 1. The van der Waals surface area contributed by atoms with Gasteiger partial charge in [-0.3, -0.25) is 5.32 Å². The molecular formula is C18H14ClN5OS. The number of hydrogen-bond donors (Lipinski definition) is 2. The van der Waals surface area contributed by atoms with Crippen LogP contribution < -0.4 is 10.6 Å². The molecule has 0 radical (unpaired) electrons. The molecule has 6 nitrogen and oxygen atoms in total. The van der Waals surface area contributed by atoms with E-state index >= 15 is 0 Å². The van der Waals surface area contributed by atoms with Crippen LogP contribution >= 0.6 is 22.9 Å². The van der Waals surface area contributed by atoms with Gasteiger partial charge in [-0.25, -0.2) is 9.31 Å². The maximum Gasteiger partial charge on any atom is 0.326 e. The zero-order valence-corrected chi connectivity index (χ0v) is 15.3. The van der Waals surface area contributed by atoms with Crippen LogP contribution in [0.2, 0.25) is 5.02 Å². The lowest BCUT2D eigenvalue weighted by Gasteiger charge is -2.05. The van der Waals surface area contributed by atoms with Crippen molar-refractivity contribution < 1.29 is 4.79 Å². The number of rotatable bonds is 3. The van der Waals surface area contributed by atoms with Gasteiger partial charge in [-0.05, 0) is 25.1 Å². The molecule has 0 aliphatic rings. The zero-order valence-electron chi connectivity index (χ0n) is 13.7. The highest BCUT2D eigenvalue weighted by Gasteiger charge is 2.13. The third kappa shape index (κ3) is 3.40. The SMILES string of the molecule is Cc1ccc(-c2csc3nc(NC(=O)Nc4cccc(Cl)c4)nn23)cc1. The Balaban J connectivity index is 1.54. The minimum Gasteiger partial charge on any atom is -0.308 e. The van der Waals surface area contributed by atoms with Crippen molar-refractivity contribution in [3.63, 3.8) is 0 Å².